The van der Waals surface area contributed by atoms with Gasteiger partial charge >= 0.3 is 0 Å². The first kappa shape index (κ1) is 21.9. The summed E-state index contributed by atoms with van der Waals surface area (Å²) in [7, 11) is 0. The monoisotopic (exact) mass is 466 g/mol. The van der Waals surface area contributed by atoms with E-state index >= 15 is 0 Å². The average Bonchev–Trinajstić information content (AvgIpc) is 3.29. The van der Waals surface area contributed by atoms with Crippen molar-refractivity contribution in [1.82, 2.24) is 19.5 Å². The Hall–Kier alpha value is -3.95. The lowest BCUT2D eigenvalue weighted by Crippen LogP contribution is -2.21. The number of rotatable bonds is 4. The second-order valence-corrected chi connectivity index (χ2v) is 8.11. The molecule has 10 heteroatoms. The molecule has 174 valence electrons. The SMILES string of the molecule is Cc1nc2n3c(c(-c4cc[nH]c(=O)c4)cc-2c(=NC(C)c2cccc(C(F)F)c2F)n1)NCC3. The molecule has 0 radical (unpaired) electrons. The highest BCUT2D eigenvalue weighted by Crippen LogP contribution is 2.35. The van der Waals surface area contributed by atoms with E-state index < -0.39 is 23.8 Å². The van der Waals surface area contributed by atoms with Crippen LogP contribution < -0.4 is 16.4 Å². The summed E-state index contributed by atoms with van der Waals surface area (Å²) < 4.78 is 43.1. The number of fused-ring (bicyclic) bond motifs is 3. The minimum atomic E-state index is -2.92. The molecule has 7 nitrogen and oxygen atoms in total. The van der Waals surface area contributed by atoms with Crippen molar-refractivity contribution >= 4 is 5.82 Å². The Balaban J connectivity index is 1.74. The van der Waals surface area contributed by atoms with Gasteiger partial charge in [0.1, 0.15) is 23.3 Å². The molecule has 0 aliphatic carbocycles. The van der Waals surface area contributed by atoms with Crippen molar-refractivity contribution in [3.8, 4) is 22.5 Å². The molecule has 0 spiro atoms. The third-order valence-corrected chi connectivity index (χ3v) is 5.86. The van der Waals surface area contributed by atoms with Crippen molar-refractivity contribution in [1.29, 1.82) is 0 Å². The molecular weight excluding hydrogens is 445 g/mol. The van der Waals surface area contributed by atoms with Crippen LogP contribution in [-0.4, -0.2) is 26.1 Å². The molecule has 0 saturated heterocycles. The van der Waals surface area contributed by atoms with Crippen molar-refractivity contribution < 1.29 is 13.2 Å². The molecule has 4 heterocycles. The maximum absolute atomic E-state index is 14.8. The maximum atomic E-state index is 14.8. The van der Waals surface area contributed by atoms with Gasteiger partial charge in [0.15, 0.2) is 5.49 Å². The first-order valence-electron chi connectivity index (χ1n) is 10.8. The Kier molecular flexibility index (Phi) is 5.43. The second-order valence-electron chi connectivity index (χ2n) is 8.11. The van der Waals surface area contributed by atoms with Gasteiger partial charge in [0.05, 0.1) is 17.2 Å². The molecule has 1 unspecified atom stereocenters. The summed E-state index contributed by atoms with van der Waals surface area (Å²) in [5.74, 6) is 0.984. The molecule has 0 fully saturated rings. The van der Waals surface area contributed by atoms with Crippen LogP contribution in [0.4, 0.5) is 19.0 Å². The summed E-state index contributed by atoms with van der Waals surface area (Å²) in [5, 5.41) is 3.35. The van der Waals surface area contributed by atoms with E-state index in [2.05, 4.69) is 25.3 Å². The summed E-state index contributed by atoms with van der Waals surface area (Å²) in [6, 6.07) is 8.30. The molecule has 3 aliphatic heterocycles. The summed E-state index contributed by atoms with van der Waals surface area (Å²) in [4.78, 5) is 28.3. The van der Waals surface area contributed by atoms with Gasteiger partial charge in [-0.05, 0) is 31.5 Å². The maximum Gasteiger partial charge on any atom is 0.266 e. The smallest absolute Gasteiger partial charge is 0.266 e. The van der Waals surface area contributed by atoms with Gasteiger partial charge in [-0.2, -0.15) is 0 Å². The quantitative estimate of drug-likeness (QED) is 0.472. The van der Waals surface area contributed by atoms with E-state index in [4.69, 9.17) is 0 Å². The number of aromatic nitrogens is 4. The second kappa shape index (κ2) is 8.44. The van der Waals surface area contributed by atoms with Crippen LogP contribution in [0.5, 0.6) is 0 Å². The number of aryl methyl sites for hydroxylation is 1. The van der Waals surface area contributed by atoms with E-state index in [-0.39, 0.29) is 11.1 Å². The molecule has 5 rings (SSSR count). The van der Waals surface area contributed by atoms with Gasteiger partial charge in [-0.15, -0.1) is 0 Å². The van der Waals surface area contributed by atoms with Crippen LogP contribution in [0.1, 0.15) is 36.3 Å². The van der Waals surface area contributed by atoms with Crippen molar-refractivity contribution in [2.75, 3.05) is 11.9 Å². The predicted octanol–water partition coefficient (Wildman–Crippen LogP) is 4.21. The number of aromatic amines is 1. The molecule has 34 heavy (non-hydrogen) atoms. The Labute approximate surface area is 192 Å². The van der Waals surface area contributed by atoms with E-state index in [1.165, 1.54) is 18.2 Å². The van der Waals surface area contributed by atoms with E-state index in [1.807, 2.05) is 10.6 Å². The van der Waals surface area contributed by atoms with Gasteiger partial charge in [0, 0.05) is 36.5 Å². The number of H-pyrrole nitrogens is 1. The fourth-order valence-electron chi connectivity index (χ4n) is 4.29. The highest BCUT2D eigenvalue weighted by Gasteiger charge is 2.25. The third-order valence-electron chi connectivity index (χ3n) is 5.86. The minimum absolute atomic E-state index is 0.0625. The minimum Gasteiger partial charge on any atom is -0.369 e. The van der Waals surface area contributed by atoms with Gasteiger partial charge in [-0.3, -0.25) is 9.79 Å². The molecular formula is C24H21F3N6O. The molecule has 2 aromatic rings. The molecule has 0 amide bonds. The predicted molar refractivity (Wildman–Crippen MR) is 121 cm³/mol. The molecule has 3 aliphatic rings. The Morgan fingerprint density at radius 1 is 1.12 bits per heavy atom. The van der Waals surface area contributed by atoms with Crippen LogP contribution in [0.3, 0.4) is 0 Å². The topological polar surface area (TPSA) is 88.0 Å². The fraction of sp³-hybridized carbons (Fsp3) is 0.250. The molecule has 0 bridgehead atoms. The highest BCUT2D eigenvalue weighted by molar-refractivity contribution is 5.82. The Morgan fingerprint density at radius 2 is 1.91 bits per heavy atom. The largest absolute Gasteiger partial charge is 0.369 e. The lowest BCUT2D eigenvalue weighted by atomic mass is 10.0. The van der Waals surface area contributed by atoms with Crippen LogP contribution in [0.15, 0.2) is 52.4 Å². The number of halogens is 3. The lowest BCUT2D eigenvalue weighted by molar-refractivity contribution is 0.146. The van der Waals surface area contributed by atoms with E-state index in [9.17, 15) is 18.0 Å². The van der Waals surface area contributed by atoms with Crippen molar-refractivity contribution in [3.63, 3.8) is 0 Å². The summed E-state index contributed by atoms with van der Waals surface area (Å²) in [6.07, 6.45) is -1.34. The van der Waals surface area contributed by atoms with Gasteiger partial charge in [-0.1, -0.05) is 18.2 Å². The van der Waals surface area contributed by atoms with Crippen molar-refractivity contribution in [3.05, 3.63) is 81.2 Å². The number of hydrogen-bond donors (Lipinski definition) is 2. The molecule has 1 aromatic carbocycles. The number of nitrogens with zero attached hydrogens (tertiary/aromatic N) is 4. The van der Waals surface area contributed by atoms with Gasteiger partial charge in [0.25, 0.3) is 6.43 Å². The van der Waals surface area contributed by atoms with E-state index in [0.29, 0.717) is 41.4 Å². The number of anilines is 1. The lowest BCUT2D eigenvalue weighted by Gasteiger charge is -2.18. The van der Waals surface area contributed by atoms with Gasteiger partial charge in [-0.25, -0.2) is 23.1 Å². The van der Waals surface area contributed by atoms with E-state index in [0.717, 1.165) is 17.4 Å². The number of pyridine rings is 2. The Morgan fingerprint density at radius 3 is 2.68 bits per heavy atom. The zero-order valence-corrected chi connectivity index (χ0v) is 18.4. The van der Waals surface area contributed by atoms with Crippen molar-refractivity contribution in [2.24, 2.45) is 4.99 Å². The van der Waals surface area contributed by atoms with Gasteiger partial charge in [0.2, 0.25) is 5.56 Å². The summed E-state index contributed by atoms with van der Waals surface area (Å²) in [6.45, 7) is 4.71. The van der Waals surface area contributed by atoms with Gasteiger partial charge < -0.3 is 14.9 Å². The van der Waals surface area contributed by atoms with Crippen LogP contribution >= 0.6 is 0 Å². The highest BCUT2D eigenvalue weighted by atomic mass is 19.3. The molecule has 0 saturated carbocycles. The number of hydrogen-bond acceptors (Lipinski definition) is 5. The molecule has 1 atom stereocenters. The van der Waals surface area contributed by atoms with Crippen LogP contribution in [0, 0.1) is 12.7 Å². The standard InChI is InChI=1S/C24H21F3N6O/c1-12(15-4-3-5-16(20(15)25)21(26)27)30-22-18-11-17(14-6-7-28-19(34)10-14)23-29-8-9-33(23)24(18)32-13(2)31-22/h3-7,10-12,21,29H,8-9H2,1-2H3,(H,28,34). The normalized spacial score (nSPS) is 14.5. The Bertz CT molecular complexity index is 1490. The fourth-order valence-corrected chi connectivity index (χ4v) is 4.29. The number of nitrogens with one attached hydrogen (secondary N) is 2. The average molecular weight is 466 g/mol. The first-order chi connectivity index (χ1) is 16.3. The molecule has 1 aromatic heterocycles. The van der Waals surface area contributed by atoms with Crippen LogP contribution in [0.2, 0.25) is 0 Å². The third kappa shape index (κ3) is 3.74. The first-order valence-corrected chi connectivity index (χ1v) is 10.8. The number of benzene rings is 1. The zero-order valence-electron chi connectivity index (χ0n) is 18.4. The summed E-state index contributed by atoms with van der Waals surface area (Å²) >= 11 is 0. The summed E-state index contributed by atoms with van der Waals surface area (Å²) in [5.41, 5.74) is 1.60. The molecule has 2 N–H and O–H groups in total. The van der Waals surface area contributed by atoms with Crippen LogP contribution in [-0.2, 0) is 6.54 Å². The zero-order chi connectivity index (χ0) is 24.0. The number of alkyl halides is 2. The van der Waals surface area contributed by atoms with Crippen LogP contribution in [0.25, 0.3) is 22.5 Å². The van der Waals surface area contributed by atoms with E-state index in [1.54, 1.807) is 26.1 Å². The van der Waals surface area contributed by atoms with Crippen molar-refractivity contribution in [2.45, 2.75) is 32.9 Å².